The van der Waals surface area contributed by atoms with E-state index < -0.39 is 33.5 Å². The lowest BCUT2D eigenvalue weighted by atomic mass is 9.89. The van der Waals surface area contributed by atoms with E-state index in [2.05, 4.69) is 10.0 Å². The zero-order valence-electron chi connectivity index (χ0n) is 15.9. The van der Waals surface area contributed by atoms with Crippen molar-refractivity contribution in [2.45, 2.75) is 31.9 Å². The summed E-state index contributed by atoms with van der Waals surface area (Å²) in [5.74, 6) is -0.934. The molecule has 2 aromatic rings. The van der Waals surface area contributed by atoms with Gasteiger partial charge < -0.3 is 10.1 Å². The second kappa shape index (κ2) is 7.27. The standard InChI is InChI=1S/C20H22N2O5S/c1-13(14-8-6-9-16(11-14)22-28(3,25)26)21-19(24)20(2)12-15-7-4-5-10-17(15)18(23)27-20/h4-11,13,22H,12H2,1-3H3,(H,21,24). The summed E-state index contributed by atoms with van der Waals surface area (Å²) in [6.07, 6.45) is 1.35. The minimum absolute atomic E-state index is 0.281. The van der Waals surface area contributed by atoms with Crippen LogP contribution < -0.4 is 10.0 Å². The normalized spacial score (nSPS) is 19.9. The number of amides is 1. The SMILES string of the molecule is CC(NC(=O)C1(C)Cc2ccccc2C(=O)O1)c1cccc(NS(C)(=O)=O)c1. The van der Waals surface area contributed by atoms with Crippen molar-refractivity contribution in [1.82, 2.24) is 5.32 Å². The second-order valence-corrected chi connectivity index (χ2v) is 8.90. The highest BCUT2D eigenvalue weighted by Gasteiger charge is 2.42. The van der Waals surface area contributed by atoms with Crippen molar-refractivity contribution in [3.8, 4) is 0 Å². The highest BCUT2D eigenvalue weighted by atomic mass is 32.2. The van der Waals surface area contributed by atoms with E-state index in [9.17, 15) is 18.0 Å². The monoisotopic (exact) mass is 402 g/mol. The summed E-state index contributed by atoms with van der Waals surface area (Å²) in [6.45, 7) is 3.37. The van der Waals surface area contributed by atoms with Crippen molar-refractivity contribution >= 4 is 27.6 Å². The Morgan fingerprint density at radius 1 is 1.18 bits per heavy atom. The molecule has 0 aromatic heterocycles. The number of anilines is 1. The van der Waals surface area contributed by atoms with Crippen LogP contribution in [0.15, 0.2) is 48.5 Å². The predicted molar refractivity (Wildman–Crippen MR) is 105 cm³/mol. The van der Waals surface area contributed by atoms with Gasteiger partial charge in [0.25, 0.3) is 5.91 Å². The van der Waals surface area contributed by atoms with Gasteiger partial charge in [-0.05, 0) is 43.2 Å². The molecule has 0 aliphatic carbocycles. The van der Waals surface area contributed by atoms with Crippen LogP contribution in [0.3, 0.4) is 0 Å². The first-order valence-electron chi connectivity index (χ1n) is 8.77. The van der Waals surface area contributed by atoms with Crippen LogP contribution in [-0.4, -0.2) is 32.2 Å². The summed E-state index contributed by atoms with van der Waals surface area (Å²) in [5, 5.41) is 2.85. The predicted octanol–water partition coefficient (Wildman–Crippen LogP) is 2.41. The van der Waals surface area contributed by atoms with Crippen LogP contribution in [0.2, 0.25) is 0 Å². The quantitative estimate of drug-likeness (QED) is 0.748. The van der Waals surface area contributed by atoms with E-state index in [0.29, 0.717) is 16.8 Å². The van der Waals surface area contributed by atoms with E-state index in [1.54, 1.807) is 50.2 Å². The van der Waals surface area contributed by atoms with Crippen LogP contribution in [0.1, 0.15) is 41.4 Å². The number of benzene rings is 2. The van der Waals surface area contributed by atoms with E-state index in [1.165, 1.54) is 0 Å². The smallest absolute Gasteiger partial charge is 0.339 e. The molecular weight excluding hydrogens is 380 g/mol. The van der Waals surface area contributed by atoms with E-state index in [1.807, 2.05) is 12.1 Å². The number of cyclic esters (lactones) is 1. The van der Waals surface area contributed by atoms with Crippen molar-refractivity contribution in [3.63, 3.8) is 0 Å². The fourth-order valence-electron chi connectivity index (χ4n) is 3.18. The molecule has 2 unspecified atom stereocenters. The Morgan fingerprint density at radius 3 is 2.61 bits per heavy atom. The van der Waals surface area contributed by atoms with Crippen LogP contribution in [0.25, 0.3) is 0 Å². The maximum absolute atomic E-state index is 12.9. The molecule has 1 amide bonds. The number of hydrogen-bond acceptors (Lipinski definition) is 5. The Bertz CT molecular complexity index is 1030. The summed E-state index contributed by atoms with van der Waals surface area (Å²) < 4.78 is 30.7. The number of carbonyl (C=O) groups excluding carboxylic acids is 2. The minimum atomic E-state index is -3.40. The maximum Gasteiger partial charge on any atom is 0.339 e. The van der Waals surface area contributed by atoms with E-state index in [4.69, 9.17) is 4.74 Å². The van der Waals surface area contributed by atoms with Crippen LogP contribution >= 0.6 is 0 Å². The van der Waals surface area contributed by atoms with E-state index in [0.717, 1.165) is 11.8 Å². The molecule has 0 saturated carbocycles. The number of fused-ring (bicyclic) bond motifs is 1. The van der Waals surface area contributed by atoms with Gasteiger partial charge in [0.15, 0.2) is 5.60 Å². The number of esters is 1. The molecule has 148 valence electrons. The number of nitrogens with one attached hydrogen (secondary N) is 2. The van der Waals surface area contributed by atoms with E-state index >= 15 is 0 Å². The van der Waals surface area contributed by atoms with Gasteiger partial charge in [0.05, 0.1) is 17.9 Å². The Morgan fingerprint density at radius 2 is 1.89 bits per heavy atom. The van der Waals surface area contributed by atoms with Crippen molar-refractivity contribution < 1.29 is 22.7 Å². The summed E-state index contributed by atoms with van der Waals surface area (Å²) in [7, 11) is -3.40. The molecule has 0 spiro atoms. The molecule has 2 N–H and O–H groups in total. The van der Waals surface area contributed by atoms with Crippen molar-refractivity contribution in [2.75, 3.05) is 11.0 Å². The van der Waals surface area contributed by atoms with Gasteiger partial charge in [0.2, 0.25) is 10.0 Å². The van der Waals surface area contributed by atoms with Gasteiger partial charge in [-0.15, -0.1) is 0 Å². The fourth-order valence-corrected chi connectivity index (χ4v) is 3.73. The van der Waals surface area contributed by atoms with Crippen LogP contribution in [-0.2, 0) is 26.0 Å². The third kappa shape index (κ3) is 4.33. The summed E-state index contributed by atoms with van der Waals surface area (Å²) >= 11 is 0. The number of hydrogen-bond donors (Lipinski definition) is 2. The van der Waals surface area contributed by atoms with Gasteiger partial charge in [-0.2, -0.15) is 0 Å². The molecule has 3 rings (SSSR count). The lowest BCUT2D eigenvalue weighted by molar-refractivity contribution is -0.140. The molecule has 0 saturated heterocycles. The topological polar surface area (TPSA) is 102 Å². The van der Waals surface area contributed by atoms with Gasteiger partial charge in [0.1, 0.15) is 0 Å². The minimum Gasteiger partial charge on any atom is -0.445 e. The zero-order valence-corrected chi connectivity index (χ0v) is 16.7. The van der Waals surface area contributed by atoms with Gasteiger partial charge in [-0.1, -0.05) is 30.3 Å². The zero-order chi connectivity index (χ0) is 20.5. The fraction of sp³-hybridized carbons (Fsp3) is 0.300. The molecule has 8 heteroatoms. The number of rotatable bonds is 5. The third-order valence-corrected chi connectivity index (χ3v) is 5.21. The van der Waals surface area contributed by atoms with Gasteiger partial charge in [-0.3, -0.25) is 9.52 Å². The van der Waals surface area contributed by atoms with Crippen molar-refractivity contribution in [2.24, 2.45) is 0 Å². The largest absolute Gasteiger partial charge is 0.445 e. The molecule has 28 heavy (non-hydrogen) atoms. The Balaban J connectivity index is 1.76. The van der Waals surface area contributed by atoms with Crippen LogP contribution in [0.5, 0.6) is 0 Å². The molecule has 0 bridgehead atoms. The Kier molecular flexibility index (Phi) is 5.16. The molecule has 2 atom stereocenters. The van der Waals surface area contributed by atoms with Crippen LogP contribution in [0, 0.1) is 0 Å². The molecule has 7 nitrogen and oxygen atoms in total. The van der Waals surface area contributed by atoms with Crippen LogP contribution in [0.4, 0.5) is 5.69 Å². The lowest BCUT2D eigenvalue weighted by Gasteiger charge is -2.34. The molecule has 1 aliphatic heterocycles. The maximum atomic E-state index is 12.9. The first-order valence-corrected chi connectivity index (χ1v) is 10.7. The number of ether oxygens (including phenoxy) is 1. The Labute approximate surface area is 164 Å². The summed E-state index contributed by atoms with van der Waals surface area (Å²) in [5.41, 5.74) is 1.05. The molecule has 0 radical (unpaired) electrons. The molecular formula is C20H22N2O5S. The lowest BCUT2D eigenvalue weighted by Crippen LogP contribution is -2.52. The average molecular weight is 402 g/mol. The average Bonchev–Trinajstić information content (AvgIpc) is 2.60. The third-order valence-electron chi connectivity index (χ3n) is 4.60. The van der Waals surface area contributed by atoms with Crippen molar-refractivity contribution in [1.29, 1.82) is 0 Å². The van der Waals surface area contributed by atoms with Gasteiger partial charge in [0, 0.05) is 12.1 Å². The number of carbonyl (C=O) groups is 2. The highest BCUT2D eigenvalue weighted by Crippen LogP contribution is 2.29. The molecule has 1 heterocycles. The molecule has 0 fully saturated rings. The van der Waals surface area contributed by atoms with Gasteiger partial charge >= 0.3 is 5.97 Å². The molecule has 2 aromatic carbocycles. The van der Waals surface area contributed by atoms with Crippen molar-refractivity contribution in [3.05, 3.63) is 65.2 Å². The van der Waals surface area contributed by atoms with E-state index in [-0.39, 0.29) is 6.42 Å². The molecule has 1 aliphatic rings. The highest BCUT2D eigenvalue weighted by molar-refractivity contribution is 7.92. The first-order chi connectivity index (χ1) is 13.1. The summed E-state index contributed by atoms with van der Waals surface area (Å²) in [6, 6.07) is 13.4. The first kappa shape index (κ1) is 19.9. The Hall–Kier alpha value is -2.87. The second-order valence-electron chi connectivity index (χ2n) is 7.15. The van der Waals surface area contributed by atoms with Gasteiger partial charge in [-0.25, -0.2) is 13.2 Å². The summed E-state index contributed by atoms with van der Waals surface area (Å²) in [4.78, 5) is 25.1. The number of sulfonamides is 1.